The molecule has 0 aromatic rings. The molecule has 17 heavy (non-hydrogen) atoms. The molecule has 3 nitrogen and oxygen atoms in total. The second-order valence-corrected chi connectivity index (χ2v) is 6.79. The van der Waals surface area contributed by atoms with E-state index >= 15 is 0 Å². The number of carbonyl (C=O) groups excluding carboxylic acids is 1. The Bertz CT molecular complexity index is 246. The summed E-state index contributed by atoms with van der Waals surface area (Å²) in [6.07, 6.45) is 4.33. The van der Waals surface area contributed by atoms with Gasteiger partial charge in [0.15, 0.2) is 0 Å². The van der Waals surface area contributed by atoms with Crippen molar-refractivity contribution in [3.8, 4) is 0 Å². The van der Waals surface area contributed by atoms with E-state index in [2.05, 4.69) is 26.1 Å². The summed E-state index contributed by atoms with van der Waals surface area (Å²) >= 11 is 1.96. The zero-order valence-electron chi connectivity index (χ0n) is 11.2. The minimum atomic E-state index is -0.345. The lowest BCUT2D eigenvalue weighted by Gasteiger charge is -2.22. The van der Waals surface area contributed by atoms with Crippen LogP contribution in [0.4, 0.5) is 0 Å². The lowest BCUT2D eigenvalue weighted by molar-refractivity contribution is -0.123. The zero-order chi connectivity index (χ0) is 12.8. The van der Waals surface area contributed by atoms with Gasteiger partial charge in [-0.05, 0) is 30.9 Å². The molecular weight excluding hydrogens is 232 g/mol. The van der Waals surface area contributed by atoms with Crippen molar-refractivity contribution in [3.05, 3.63) is 0 Å². The Balaban J connectivity index is 2.39. The third-order valence-electron chi connectivity index (χ3n) is 3.22. The number of carbonyl (C=O) groups is 1. The van der Waals surface area contributed by atoms with Crippen LogP contribution < -0.4 is 11.1 Å². The Labute approximate surface area is 109 Å². The van der Waals surface area contributed by atoms with Crippen molar-refractivity contribution in [2.45, 2.75) is 63.8 Å². The van der Waals surface area contributed by atoms with Crippen LogP contribution in [0.25, 0.3) is 0 Å². The third-order valence-corrected chi connectivity index (χ3v) is 4.55. The molecule has 0 radical (unpaired) electrons. The molecule has 3 atom stereocenters. The SMILES string of the molecule is CCSC1CCCC1NC(=O)[C@@H](N)CC(C)C. The maximum atomic E-state index is 11.9. The first-order valence-corrected chi connectivity index (χ1v) is 7.77. The summed E-state index contributed by atoms with van der Waals surface area (Å²) in [6, 6.07) is -0.00598. The lowest BCUT2D eigenvalue weighted by atomic mass is 10.0. The minimum Gasteiger partial charge on any atom is -0.351 e. The molecule has 1 aliphatic carbocycles. The van der Waals surface area contributed by atoms with Crippen molar-refractivity contribution in [3.63, 3.8) is 0 Å². The van der Waals surface area contributed by atoms with Gasteiger partial charge in [-0.25, -0.2) is 0 Å². The maximum Gasteiger partial charge on any atom is 0.237 e. The number of hydrogen-bond acceptors (Lipinski definition) is 3. The van der Waals surface area contributed by atoms with E-state index < -0.39 is 0 Å². The second kappa shape index (κ2) is 7.27. The van der Waals surface area contributed by atoms with Crippen LogP contribution >= 0.6 is 11.8 Å². The Morgan fingerprint density at radius 1 is 1.47 bits per heavy atom. The molecule has 1 amide bonds. The minimum absolute atomic E-state index is 0.0345. The molecule has 0 heterocycles. The predicted molar refractivity (Wildman–Crippen MR) is 75.1 cm³/mol. The summed E-state index contributed by atoms with van der Waals surface area (Å²) in [6.45, 7) is 6.36. The maximum absolute atomic E-state index is 11.9. The Morgan fingerprint density at radius 2 is 2.18 bits per heavy atom. The van der Waals surface area contributed by atoms with Gasteiger partial charge in [-0.15, -0.1) is 0 Å². The van der Waals surface area contributed by atoms with E-state index in [0.717, 1.165) is 18.6 Å². The van der Waals surface area contributed by atoms with Crippen molar-refractivity contribution < 1.29 is 4.79 Å². The van der Waals surface area contributed by atoms with Gasteiger partial charge in [0.25, 0.3) is 0 Å². The number of thioether (sulfide) groups is 1. The summed E-state index contributed by atoms with van der Waals surface area (Å²) in [7, 11) is 0. The fraction of sp³-hybridized carbons (Fsp3) is 0.923. The summed E-state index contributed by atoms with van der Waals surface area (Å²) < 4.78 is 0. The van der Waals surface area contributed by atoms with Crippen LogP contribution in [0.2, 0.25) is 0 Å². The fourth-order valence-electron chi connectivity index (χ4n) is 2.41. The van der Waals surface area contributed by atoms with Crippen molar-refractivity contribution in [1.82, 2.24) is 5.32 Å². The molecule has 100 valence electrons. The molecule has 0 saturated heterocycles. The van der Waals surface area contributed by atoms with Crippen LogP contribution in [-0.2, 0) is 4.79 Å². The number of amides is 1. The van der Waals surface area contributed by atoms with Crippen molar-refractivity contribution in [2.24, 2.45) is 11.7 Å². The van der Waals surface area contributed by atoms with Crippen LogP contribution in [0.15, 0.2) is 0 Å². The first-order chi connectivity index (χ1) is 8.04. The molecular formula is C13H26N2OS. The summed E-state index contributed by atoms with van der Waals surface area (Å²) in [5, 5.41) is 3.73. The van der Waals surface area contributed by atoms with E-state index in [-0.39, 0.29) is 11.9 Å². The van der Waals surface area contributed by atoms with Crippen LogP contribution in [0.5, 0.6) is 0 Å². The molecule has 1 saturated carbocycles. The fourth-order valence-corrected chi connectivity index (χ4v) is 3.61. The molecule has 0 aliphatic heterocycles. The van der Waals surface area contributed by atoms with E-state index in [1.54, 1.807) is 0 Å². The average Bonchev–Trinajstić information content (AvgIpc) is 2.65. The van der Waals surface area contributed by atoms with Crippen LogP contribution in [0.3, 0.4) is 0 Å². The highest BCUT2D eigenvalue weighted by Crippen LogP contribution is 2.29. The smallest absolute Gasteiger partial charge is 0.237 e. The molecule has 0 aromatic heterocycles. The highest BCUT2D eigenvalue weighted by atomic mass is 32.2. The van der Waals surface area contributed by atoms with Crippen LogP contribution in [0, 0.1) is 5.92 Å². The first-order valence-electron chi connectivity index (χ1n) is 6.72. The lowest BCUT2D eigenvalue weighted by Crippen LogP contribution is -2.47. The largest absolute Gasteiger partial charge is 0.351 e. The second-order valence-electron chi connectivity index (χ2n) is 5.28. The average molecular weight is 258 g/mol. The molecule has 0 aromatic carbocycles. The van der Waals surface area contributed by atoms with Gasteiger partial charge in [0.1, 0.15) is 0 Å². The van der Waals surface area contributed by atoms with Gasteiger partial charge >= 0.3 is 0 Å². The molecule has 0 spiro atoms. The molecule has 1 fully saturated rings. The van der Waals surface area contributed by atoms with Gasteiger partial charge in [0.2, 0.25) is 5.91 Å². The highest BCUT2D eigenvalue weighted by Gasteiger charge is 2.29. The quantitative estimate of drug-likeness (QED) is 0.767. The van der Waals surface area contributed by atoms with E-state index in [1.165, 1.54) is 12.8 Å². The number of rotatable bonds is 6. The van der Waals surface area contributed by atoms with Crippen molar-refractivity contribution in [2.75, 3.05) is 5.75 Å². The van der Waals surface area contributed by atoms with E-state index in [9.17, 15) is 4.79 Å². The predicted octanol–water partition coefficient (Wildman–Crippen LogP) is 2.15. The van der Waals surface area contributed by atoms with Crippen molar-refractivity contribution in [1.29, 1.82) is 0 Å². The van der Waals surface area contributed by atoms with Gasteiger partial charge in [-0.2, -0.15) is 11.8 Å². The van der Waals surface area contributed by atoms with Crippen LogP contribution in [0.1, 0.15) is 46.5 Å². The van der Waals surface area contributed by atoms with E-state index in [0.29, 0.717) is 17.2 Å². The zero-order valence-corrected chi connectivity index (χ0v) is 12.1. The third kappa shape index (κ3) is 4.88. The molecule has 3 N–H and O–H groups in total. The topological polar surface area (TPSA) is 55.1 Å². The van der Waals surface area contributed by atoms with Crippen LogP contribution in [-0.4, -0.2) is 29.0 Å². The number of nitrogens with one attached hydrogen (secondary N) is 1. The Kier molecular flexibility index (Phi) is 6.34. The Hall–Kier alpha value is -0.220. The molecule has 4 heteroatoms. The van der Waals surface area contributed by atoms with E-state index in [4.69, 9.17) is 5.73 Å². The standard InChI is InChI=1S/C13H26N2OS/c1-4-17-12-7-5-6-11(12)15-13(16)10(14)8-9(2)3/h9-12H,4-8,14H2,1-3H3,(H,15,16)/t10-,11?,12?/m0/s1. The summed E-state index contributed by atoms with van der Waals surface area (Å²) in [5.41, 5.74) is 5.90. The van der Waals surface area contributed by atoms with Gasteiger partial charge in [-0.1, -0.05) is 27.2 Å². The highest BCUT2D eigenvalue weighted by molar-refractivity contribution is 7.99. The summed E-state index contributed by atoms with van der Waals surface area (Å²) in [5.74, 6) is 1.63. The summed E-state index contributed by atoms with van der Waals surface area (Å²) in [4.78, 5) is 11.9. The van der Waals surface area contributed by atoms with Gasteiger partial charge in [0, 0.05) is 11.3 Å². The van der Waals surface area contributed by atoms with Crippen molar-refractivity contribution >= 4 is 17.7 Å². The van der Waals surface area contributed by atoms with Gasteiger partial charge in [0.05, 0.1) is 6.04 Å². The van der Waals surface area contributed by atoms with E-state index in [1.807, 2.05) is 11.8 Å². The first kappa shape index (κ1) is 14.8. The Morgan fingerprint density at radius 3 is 2.76 bits per heavy atom. The molecule has 0 bridgehead atoms. The number of hydrogen-bond donors (Lipinski definition) is 2. The van der Waals surface area contributed by atoms with Gasteiger partial charge in [-0.3, -0.25) is 4.79 Å². The number of nitrogens with two attached hydrogens (primary N) is 1. The van der Waals surface area contributed by atoms with Gasteiger partial charge < -0.3 is 11.1 Å². The molecule has 1 rings (SSSR count). The normalized spacial score (nSPS) is 26.2. The monoisotopic (exact) mass is 258 g/mol. The molecule has 1 aliphatic rings. The molecule has 2 unspecified atom stereocenters.